The number of piperidine rings is 1. The molecule has 1 aromatic rings. The van der Waals surface area contributed by atoms with E-state index in [9.17, 15) is 4.39 Å². The van der Waals surface area contributed by atoms with Crippen molar-refractivity contribution in [3.63, 3.8) is 0 Å². The summed E-state index contributed by atoms with van der Waals surface area (Å²) in [7, 11) is 4.19. The molecule has 0 bridgehead atoms. The van der Waals surface area contributed by atoms with Gasteiger partial charge in [-0.25, -0.2) is 4.39 Å². The van der Waals surface area contributed by atoms with Gasteiger partial charge in [-0.3, -0.25) is 0 Å². The molecule has 0 aliphatic carbocycles. The number of likely N-dealkylation sites (tertiary alicyclic amines) is 1. The van der Waals surface area contributed by atoms with Gasteiger partial charge < -0.3 is 15.1 Å². The number of hydrogen-bond acceptors (Lipinski definition) is 3. The number of nitrogens with zero attached hydrogens (tertiary/aromatic N) is 2. The topological polar surface area (TPSA) is 18.5 Å². The quantitative estimate of drug-likeness (QED) is 0.814. The maximum Gasteiger partial charge on any atom is 0.146 e. The Labute approximate surface area is 128 Å². The smallest absolute Gasteiger partial charge is 0.146 e. The zero-order valence-corrected chi connectivity index (χ0v) is 13.5. The van der Waals surface area contributed by atoms with E-state index in [-0.39, 0.29) is 5.82 Å². The van der Waals surface area contributed by atoms with Crippen molar-refractivity contribution < 1.29 is 4.39 Å². The van der Waals surface area contributed by atoms with Crippen LogP contribution in [0.25, 0.3) is 0 Å². The largest absolute Gasteiger partial charge is 0.369 e. The Balaban J connectivity index is 2.12. The molecule has 118 valence electrons. The van der Waals surface area contributed by atoms with Gasteiger partial charge in [0.05, 0.1) is 5.69 Å². The number of anilines is 1. The van der Waals surface area contributed by atoms with Crippen LogP contribution in [0, 0.1) is 5.82 Å². The molecular formula is C17H28FN3. The molecule has 1 saturated heterocycles. The standard InChI is InChI=1S/C17H28FN3/c1-4-10-19-13-14-6-5-7-16(18)17(14)21(3)15-8-11-20(2)12-9-15/h5-7,15,19H,4,8-13H2,1-3H3. The Morgan fingerprint density at radius 1 is 1.33 bits per heavy atom. The average Bonchev–Trinajstić information content (AvgIpc) is 2.48. The Morgan fingerprint density at radius 2 is 2.05 bits per heavy atom. The minimum Gasteiger partial charge on any atom is -0.369 e. The van der Waals surface area contributed by atoms with Crippen LogP contribution in [0.1, 0.15) is 31.7 Å². The predicted octanol–water partition coefficient (Wildman–Crippen LogP) is 2.86. The molecule has 0 spiro atoms. The minimum absolute atomic E-state index is 0.104. The van der Waals surface area contributed by atoms with E-state index >= 15 is 0 Å². The Kier molecular flexibility index (Phi) is 6.00. The van der Waals surface area contributed by atoms with E-state index in [0.717, 1.165) is 56.7 Å². The van der Waals surface area contributed by atoms with Crippen molar-refractivity contribution in [1.29, 1.82) is 0 Å². The lowest BCUT2D eigenvalue weighted by molar-refractivity contribution is 0.252. The third kappa shape index (κ3) is 4.17. The zero-order valence-electron chi connectivity index (χ0n) is 13.5. The van der Waals surface area contributed by atoms with Gasteiger partial charge in [0.15, 0.2) is 0 Å². The highest BCUT2D eigenvalue weighted by molar-refractivity contribution is 5.55. The van der Waals surface area contributed by atoms with Gasteiger partial charge in [-0.15, -0.1) is 0 Å². The van der Waals surface area contributed by atoms with Crippen molar-refractivity contribution in [3.8, 4) is 0 Å². The lowest BCUT2D eigenvalue weighted by Crippen LogP contribution is -2.42. The monoisotopic (exact) mass is 293 g/mol. The first-order chi connectivity index (χ1) is 10.1. The first-order valence-electron chi connectivity index (χ1n) is 8.03. The molecule has 1 aliphatic heterocycles. The van der Waals surface area contributed by atoms with E-state index < -0.39 is 0 Å². The highest BCUT2D eigenvalue weighted by Gasteiger charge is 2.24. The van der Waals surface area contributed by atoms with Gasteiger partial charge in [-0.1, -0.05) is 19.1 Å². The molecule has 2 rings (SSSR count). The van der Waals surface area contributed by atoms with Crippen LogP contribution in [0.15, 0.2) is 18.2 Å². The van der Waals surface area contributed by atoms with Gasteiger partial charge in [0, 0.05) is 19.6 Å². The van der Waals surface area contributed by atoms with Crippen molar-refractivity contribution in [3.05, 3.63) is 29.6 Å². The number of para-hydroxylation sites is 1. The highest BCUT2D eigenvalue weighted by Crippen LogP contribution is 2.28. The molecule has 1 aromatic carbocycles. The summed E-state index contributed by atoms with van der Waals surface area (Å²) in [6, 6.07) is 5.85. The summed E-state index contributed by atoms with van der Waals surface area (Å²) in [5.74, 6) is -0.104. The fraction of sp³-hybridized carbons (Fsp3) is 0.647. The van der Waals surface area contributed by atoms with E-state index in [0.29, 0.717) is 6.04 Å². The lowest BCUT2D eigenvalue weighted by Gasteiger charge is -2.37. The van der Waals surface area contributed by atoms with Gasteiger partial charge in [0.25, 0.3) is 0 Å². The van der Waals surface area contributed by atoms with Crippen LogP contribution in [0.4, 0.5) is 10.1 Å². The average molecular weight is 293 g/mol. The number of benzene rings is 1. The molecule has 3 nitrogen and oxygen atoms in total. The highest BCUT2D eigenvalue weighted by atomic mass is 19.1. The number of nitrogens with one attached hydrogen (secondary N) is 1. The molecule has 0 atom stereocenters. The summed E-state index contributed by atoms with van der Waals surface area (Å²) in [4.78, 5) is 4.50. The normalized spacial score (nSPS) is 17.1. The van der Waals surface area contributed by atoms with E-state index in [4.69, 9.17) is 0 Å². The summed E-state index contributed by atoms with van der Waals surface area (Å²) in [5.41, 5.74) is 1.83. The van der Waals surface area contributed by atoms with E-state index in [1.807, 2.05) is 19.2 Å². The van der Waals surface area contributed by atoms with E-state index in [1.165, 1.54) is 0 Å². The van der Waals surface area contributed by atoms with Crippen LogP contribution in [-0.4, -0.2) is 44.7 Å². The van der Waals surface area contributed by atoms with Gasteiger partial charge in [0.1, 0.15) is 5.82 Å². The van der Waals surface area contributed by atoms with Gasteiger partial charge >= 0.3 is 0 Å². The summed E-state index contributed by atoms with van der Waals surface area (Å²) in [6.45, 7) is 6.02. The van der Waals surface area contributed by atoms with Gasteiger partial charge in [-0.2, -0.15) is 0 Å². The fourth-order valence-electron chi connectivity index (χ4n) is 3.06. The van der Waals surface area contributed by atoms with Gasteiger partial charge in [0.2, 0.25) is 0 Å². The summed E-state index contributed by atoms with van der Waals surface area (Å²) < 4.78 is 14.4. The number of hydrogen-bond donors (Lipinski definition) is 1. The molecule has 0 unspecified atom stereocenters. The molecule has 1 heterocycles. The number of halogens is 1. The minimum atomic E-state index is -0.104. The van der Waals surface area contributed by atoms with Gasteiger partial charge in [-0.05, 0) is 57.6 Å². The van der Waals surface area contributed by atoms with Crippen LogP contribution in [0.5, 0.6) is 0 Å². The summed E-state index contributed by atoms with van der Waals surface area (Å²) in [5, 5.41) is 3.38. The fourth-order valence-corrected chi connectivity index (χ4v) is 3.06. The Morgan fingerprint density at radius 3 is 2.71 bits per heavy atom. The van der Waals surface area contributed by atoms with Crippen LogP contribution in [0.3, 0.4) is 0 Å². The first kappa shape index (κ1) is 16.2. The molecule has 1 aliphatic rings. The van der Waals surface area contributed by atoms with Crippen LogP contribution in [0.2, 0.25) is 0 Å². The molecule has 4 heteroatoms. The van der Waals surface area contributed by atoms with Crippen molar-refractivity contribution >= 4 is 5.69 Å². The van der Waals surface area contributed by atoms with Crippen molar-refractivity contribution in [2.45, 2.75) is 38.8 Å². The van der Waals surface area contributed by atoms with Crippen LogP contribution >= 0.6 is 0 Å². The third-order valence-corrected chi connectivity index (χ3v) is 4.40. The first-order valence-corrected chi connectivity index (χ1v) is 8.03. The maximum absolute atomic E-state index is 14.4. The predicted molar refractivity (Wildman–Crippen MR) is 87.3 cm³/mol. The third-order valence-electron chi connectivity index (χ3n) is 4.40. The van der Waals surface area contributed by atoms with E-state index in [1.54, 1.807) is 6.07 Å². The zero-order chi connectivity index (χ0) is 15.2. The van der Waals surface area contributed by atoms with Crippen molar-refractivity contribution in [2.75, 3.05) is 38.6 Å². The molecule has 0 aromatic heterocycles. The summed E-state index contributed by atoms with van der Waals surface area (Å²) in [6.07, 6.45) is 3.29. The maximum atomic E-state index is 14.4. The molecule has 0 amide bonds. The van der Waals surface area contributed by atoms with Crippen LogP contribution < -0.4 is 10.2 Å². The molecule has 0 saturated carbocycles. The second-order valence-electron chi connectivity index (χ2n) is 6.07. The second kappa shape index (κ2) is 7.76. The Hall–Kier alpha value is -1.13. The van der Waals surface area contributed by atoms with Crippen LogP contribution in [-0.2, 0) is 6.54 Å². The van der Waals surface area contributed by atoms with E-state index in [2.05, 4.69) is 29.1 Å². The molecule has 1 N–H and O–H groups in total. The van der Waals surface area contributed by atoms with Crippen molar-refractivity contribution in [2.24, 2.45) is 0 Å². The second-order valence-corrected chi connectivity index (χ2v) is 6.07. The molecular weight excluding hydrogens is 265 g/mol. The summed E-state index contributed by atoms with van der Waals surface area (Å²) >= 11 is 0. The lowest BCUT2D eigenvalue weighted by atomic mass is 10.0. The molecule has 0 radical (unpaired) electrons. The Bertz CT molecular complexity index is 442. The SMILES string of the molecule is CCCNCc1cccc(F)c1N(C)C1CCN(C)CC1. The number of rotatable bonds is 6. The van der Waals surface area contributed by atoms with Crippen molar-refractivity contribution in [1.82, 2.24) is 10.2 Å². The molecule has 1 fully saturated rings. The molecule has 21 heavy (non-hydrogen) atoms.